The maximum atomic E-state index is 8.64. The van der Waals surface area contributed by atoms with E-state index in [4.69, 9.17) is 5.11 Å². The Labute approximate surface area is 93.3 Å². The van der Waals surface area contributed by atoms with Gasteiger partial charge in [0.05, 0.1) is 14.7 Å². The number of hydrogen-bond donors (Lipinski definition) is 2. The standard InChI is InChI=1S/C12H21NOSi/c1-15(2,3)12-6-4-11(5-7-12)10-13-8-9-14/h4-7,13-14H,8-10H2,1-3H3. The SMILES string of the molecule is C[Si](C)(C)c1ccc(CNCCO)cc1. The van der Waals surface area contributed by atoms with Crippen LogP contribution in [0, 0.1) is 0 Å². The Morgan fingerprint density at radius 3 is 2.20 bits per heavy atom. The molecule has 1 rings (SSSR count). The molecule has 0 aromatic heterocycles. The van der Waals surface area contributed by atoms with Gasteiger partial charge in [-0.25, -0.2) is 0 Å². The van der Waals surface area contributed by atoms with Crippen LogP contribution in [-0.2, 0) is 6.54 Å². The highest BCUT2D eigenvalue weighted by molar-refractivity contribution is 6.88. The van der Waals surface area contributed by atoms with Gasteiger partial charge in [-0.05, 0) is 5.56 Å². The maximum Gasteiger partial charge on any atom is 0.0775 e. The van der Waals surface area contributed by atoms with E-state index in [0.29, 0.717) is 6.54 Å². The second kappa shape index (κ2) is 5.44. The lowest BCUT2D eigenvalue weighted by Crippen LogP contribution is -2.37. The minimum atomic E-state index is -1.15. The lowest BCUT2D eigenvalue weighted by molar-refractivity contribution is 0.292. The second-order valence-corrected chi connectivity index (χ2v) is 9.92. The highest BCUT2D eigenvalue weighted by Gasteiger charge is 2.15. The lowest BCUT2D eigenvalue weighted by Gasteiger charge is -2.16. The molecule has 0 unspecified atom stereocenters. The molecule has 2 nitrogen and oxygen atoms in total. The van der Waals surface area contributed by atoms with Gasteiger partial charge in [0.15, 0.2) is 0 Å². The minimum Gasteiger partial charge on any atom is -0.395 e. The van der Waals surface area contributed by atoms with Crippen LogP contribution in [0.1, 0.15) is 5.56 Å². The molecule has 84 valence electrons. The Bertz CT molecular complexity index is 289. The van der Waals surface area contributed by atoms with Gasteiger partial charge in [0.2, 0.25) is 0 Å². The van der Waals surface area contributed by atoms with E-state index in [1.165, 1.54) is 10.8 Å². The minimum absolute atomic E-state index is 0.201. The topological polar surface area (TPSA) is 32.3 Å². The summed E-state index contributed by atoms with van der Waals surface area (Å²) in [7, 11) is -1.15. The van der Waals surface area contributed by atoms with E-state index in [-0.39, 0.29) is 6.61 Å². The third-order valence-electron chi connectivity index (χ3n) is 2.44. The van der Waals surface area contributed by atoms with Crippen LogP contribution in [0.15, 0.2) is 24.3 Å². The molecule has 0 fully saturated rings. The Morgan fingerprint density at radius 2 is 1.73 bits per heavy atom. The average molecular weight is 223 g/mol. The fraction of sp³-hybridized carbons (Fsp3) is 0.500. The van der Waals surface area contributed by atoms with Gasteiger partial charge in [0, 0.05) is 13.1 Å². The average Bonchev–Trinajstić information content (AvgIpc) is 2.18. The van der Waals surface area contributed by atoms with Crippen LogP contribution in [0.4, 0.5) is 0 Å². The Kier molecular flexibility index (Phi) is 4.51. The lowest BCUT2D eigenvalue weighted by atomic mass is 10.2. The molecule has 2 N–H and O–H groups in total. The molecule has 0 bridgehead atoms. The predicted molar refractivity (Wildman–Crippen MR) is 68.2 cm³/mol. The maximum absolute atomic E-state index is 8.64. The molecule has 0 amide bonds. The van der Waals surface area contributed by atoms with Gasteiger partial charge in [-0.2, -0.15) is 0 Å². The van der Waals surface area contributed by atoms with Gasteiger partial charge in [-0.3, -0.25) is 0 Å². The van der Waals surface area contributed by atoms with Crippen LogP contribution in [0.5, 0.6) is 0 Å². The Hall–Kier alpha value is -0.643. The summed E-state index contributed by atoms with van der Waals surface area (Å²) >= 11 is 0. The molecule has 0 aliphatic heterocycles. The fourth-order valence-corrected chi connectivity index (χ4v) is 2.60. The summed E-state index contributed by atoms with van der Waals surface area (Å²) in [4.78, 5) is 0. The first-order chi connectivity index (χ1) is 7.04. The molecule has 3 heteroatoms. The summed E-state index contributed by atoms with van der Waals surface area (Å²) in [5.41, 5.74) is 1.28. The first kappa shape index (κ1) is 12.4. The van der Waals surface area contributed by atoms with E-state index >= 15 is 0 Å². The number of hydrogen-bond acceptors (Lipinski definition) is 2. The molecule has 1 aromatic rings. The van der Waals surface area contributed by atoms with Crippen molar-refractivity contribution in [1.29, 1.82) is 0 Å². The van der Waals surface area contributed by atoms with E-state index in [1.54, 1.807) is 0 Å². The zero-order valence-corrected chi connectivity index (χ0v) is 10.9. The van der Waals surface area contributed by atoms with Gasteiger partial charge >= 0.3 is 0 Å². The van der Waals surface area contributed by atoms with Crippen molar-refractivity contribution in [3.63, 3.8) is 0 Å². The molecule has 0 aliphatic rings. The van der Waals surface area contributed by atoms with Crippen molar-refractivity contribution in [3.05, 3.63) is 29.8 Å². The number of nitrogens with one attached hydrogen (secondary N) is 1. The molecule has 0 radical (unpaired) electrons. The third-order valence-corrected chi connectivity index (χ3v) is 4.50. The van der Waals surface area contributed by atoms with Crippen molar-refractivity contribution in [2.45, 2.75) is 26.2 Å². The second-order valence-electron chi connectivity index (χ2n) is 4.85. The summed E-state index contributed by atoms with van der Waals surface area (Å²) in [6.07, 6.45) is 0. The van der Waals surface area contributed by atoms with Crippen LogP contribution in [0.2, 0.25) is 19.6 Å². The number of aliphatic hydroxyl groups excluding tert-OH is 1. The molecule has 0 saturated carbocycles. The zero-order chi connectivity index (χ0) is 11.3. The Morgan fingerprint density at radius 1 is 1.13 bits per heavy atom. The molecule has 0 heterocycles. The van der Waals surface area contributed by atoms with Crippen molar-refractivity contribution in [3.8, 4) is 0 Å². The number of benzene rings is 1. The normalized spacial score (nSPS) is 11.7. The molecular weight excluding hydrogens is 202 g/mol. The number of aliphatic hydroxyl groups is 1. The van der Waals surface area contributed by atoms with Crippen molar-refractivity contribution < 1.29 is 5.11 Å². The van der Waals surface area contributed by atoms with Crippen molar-refractivity contribution in [2.24, 2.45) is 0 Å². The van der Waals surface area contributed by atoms with Crippen LogP contribution < -0.4 is 10.5 Å². The summed E-state index contributed by atoms with van der Waals surface area (Å²) in [5.74, 6) is 0. The van der Waals surface area contributed by atoms with Gasteiger partial charge in [0.1, 0.15) is 0 Å². The van der Waals surface area contributed by atoms with Crippen molar-refractivity contribution in [1.82, 2.24) is 5.32 Å². The van der Waals surface area contributed by atoms with Crippen LogP contribution in [-0.4, -0.2) is 26.3 Å². The highest BCUT2D eigenvalue weighted by atomic mass is 28.3. The van der Waals surface area contributed by atoms with E-state index in [1.807, 2.05) is 0 Å². The molecule has 0 spiro atoms. The largest absolute Gasteiger partial charge is 0.395 e. The molecule has 1 aromatic carbocycles. The van der Waals surface area contributed by atoms with Gasteiger partial charge < -0.3 is 10.4 Å². The molecule has 0 aliphatic carbocycles. The fourth-order valence-electron chi connectivity index (χ4n) is 1.43. The van der Waals surface area contributed by atoms with Crippen LogP contribution >= 0.6 is 0 Å². The highest BCUT2D eigenvalue weighted by Crippen LogP contribution is 2.04. The summed E-state index contributed by atoms with van der Waals surface area (Å²) in [6.45, 7) is 8.76. The van der Waals surface area contributed by atoms with Crippen LogP contribution in [0.3, 0.4) is 0 Å². The summed E-state index contributed by atoms with van der Waals surface area (Å²) in [6, 6.07) is 8.83. The first-order valence-corrected chi connectivity index (χ1v) is 8.95. The third kappa shape index (κ3) is 4.16. The molecule has 0 saturated heterocycles. The smallest absolute Gasteiger partial charge is 0.0775 e. The molecule has 15 heavy (non-hydrogen) atoms. The van der Waals surface area contributed by atoms with E-state index in [2.05, 4.69) is 49.2 Å². The van der Waals surface area contributed by atoms with Crippen molar-refractivity contribution >= 4 is 13.3 Å². The summed E-state index contributed by atoms with van der Waals surface area (Å²) < 4.78 is 0. The Balaban J connectivity index is 2.57. The molecular formula is C12H21NOSi. The first-order valence-electron chi connectivity index (χ1n) is 5.45. The van der Waals surface area contributed by atoms with Gasteiger partial charge in [0.25, 0.3) is 0 Å². The summed E-state index contributed by atoms with van der Waals surface area (Å²) in [5, 5.41) is 13.3. The quantitative estimate of drug-likeness (QED) is 0.583. The zero-order valence-electron chi connectivity index (χ0n) is 9.88. The van der Waals surface area contributed by atoms with Crippen molar-refractivity contribution in [2.75, 3.05) is 13.2 Å². The van der Waals surface area contributed by atoms with Crippen LogP contribution in [0.25, 0.3) is 0 Å². The van der Waals surface area contributed by atoms with Gasteiger partial charge in [-0.15, -0.1) is 0 Å². The van der Waals surface area contributed by atoms with E-state index < -0.39 is 8.07 Å². The van der Waals surface area contributed by atoms with E-state index in [0.717, 1.165) is 6.54 Å². The predicted octanol–water partition coefficient (Wildman–Crippen LogP) is 1.31. The van der Waals surface area contributed by atoms with E-state index in [9.17, 15) is 0 Å². The monoisotopic (exact) mass is 223 g/mol. The molecule has 0 atom stereocenters. The number of rotatable bonds is 5. The van der Waals surface area contributed by atoms with Gasteiger partial charge in [-0.1, -0.05) is 49.1 Å².